The Morgan fingerprint density at radius 3 is 2.67 bits per heavy atom. The largest absolute Gasteiger partial charge is 0.489 e. The van der Waals surface area contributed by atoms with Gasteiger partial charge >= 0.3 is 0 Å². The molecular formula is C29H22N4O2S. The second kappa shape index (κ2) is 8.94. The van der Waals surface area contributed by atoms with Crippen molar-refractivity contribution >= 4 is 33.4 Å². The van der Waals surface area contributed by atoms with Gasteiger partial charge in [0, 0.05) is 17.3 Å². The zero-order valence-electron chi connectivity index (χ0n) is 19.6. The van der Waals surface area contributed by atoms with Crippen molar-refractivity contribution in [2.75, 3.05) is 6.61 Å². The van der Waals surface area contributed by atoms with Crippen molar-refractivity contribution in [2.24, 2.45) is 0 Å². The third-order valence-electron chi connectivity index (χ3n) is 6.00. The summed E-state index contributed by atoms with van der Waals surface area (Å²) in [7, 11) is 0. The Hall–Kier alpha value is -4.49. The van der Waals surface area contributed by atoms with Crippen molar-refractivity contribution in [1.82, 2.24) is 19.2 Å². The van der Waals surface area contributed by atoms with Crippen LogP contribution in [0, 0.1) is 6.92 Å². The first-order chi connectivity index (χ1) is 17.6. The van der Waals surface area contributed by atoms with E-state index < -0.39 is 0 Å². The number of thiazole rings is 1. The molecule has 0 aliphatic rings. The van der Waals surface area contributed by atoms with E-state index in [0.29, 0.717) is 16.1 Å². The van der Waals surface area contributed by atoms with E-state index in [4.69, 9.17) is 9.84 Å². The molecule has 0 fully saturated rings. The topological polar surface area (TPSA) is 61.4 Å². The molecule has 3 heterocycles. The third-order valence-corrected chi connectivity index (χ3v) is 6.97. The van der Waals surface area contributed by atoms with Crippen molar-refractivity contribution in [1.29, 1.82) is 0 Å². The lowest BCUT2D eigenvalue weighted by atomic mass is 10.0. The minimum Gasteiger partial charge on any atom is -0.489 e. The molecule has 3 aromatic heterocycles. The summed E-state index contributed by atoms with van der Waals surface area (Å²) < 4.78 is 9.89. The molecular weight excluding hydrogens is 468 g/mol. The van der Waals surface area contributed by atoms with E-state index in [2.05, 4.69) is 17.6 Å². The van der Waals surface area contributed by atoms with Gasteiger partial charge in [-0.3, -0.25) is 4.79 Å². The molecule has 6 nitrogen and oxygen atoms in total. The molecule has 6 aromatic rings. The van der Waals surface area contributed by atoms with Gasteiger partial charge < -0.3 is 4.74 Å². The molecule has 0 bridgehead atoms. The zero-order valence-corrected chi connectivity index (χ0v) is 20.4. The minimum absolute atomic E-state index is 0.0773. The quantitative estimate of drug-likeness (QED) is 0.302. The molecule has 0 saturated carbocycles. The van der Waals surface area contributed by atoms with Crippen molar-refractivity contribution in [3.05, 3.63) is 118 Å². The van der Waals surface area contributed by atoms with Gasteiger partial charge in [0.05, 0.1) is 21.3 Å². The van der Waals surface area contributed by atoms with E-state index in [-0.39, 0.29) is 5.56 Å². The zero-order chi connectivity index (χ0) is 24.6. The number of aromatic nitrogens is 4. The Labute approximate surface area is 211 Å². The van der Waals surface area contributed by atoms with Crippen molar-refractivity contribution in [3.63, 3.8) is 0 Å². The smallest absolute Gasteiger partial charge is 0.274 e. The predicted octanol–water partition coefficient (Wildman–Crippen LogP) is 5.18. The highest BCUT2D eigenvalue weighted by Crippen LogP contribution is 2.29. The van der Waals surface area contributed by atoms with Gasteiger partial charge in [-0.2, -0.15) is 5.10 Å². The van der Waals surface area contributed by atoms with Crippen LogP contribution in [0.4, 0.5) is 0 Å². The van der Waals surface area contributed by atoms with Gasteiger partial charge in [0.2, 0.25) is 0 Å². The molecule has 7 heteroatoms. The van der Waals surface area contributed by atoms with Crippen molar-refractivity contribution in [2.45, 2.75) is 6.92 Å². The summed E-state index contributed by atoms with van der Waals surface area (Å²) in [4.78, 5) is 18.7. The van der Waals surface area contributed by atoms with Crippen molar-refractivity contribution in [3.8, 4) is 22.7 Å². The summed E-state index contributed by atoms with van der Waals surface area (Å²) >= 11 is 1.39. The number of aryl methyl sites for hydroxylation is 1. The SMILES string of the molecule is C=CCOc1ccc(-c2nn(-c3ccccc3)cc2/C=c2/sc3nc4ccccc4n3c2=O)cc1C. The molecule has 0 unspecified atom stereocenters. The number of rotatable bonds is 6. The molecule has 6 rings (SSSR count). The van der Waals surface area contributed by atoms with Crippen LogP contribution in [0.15, 0.2) is 96.4 Å². The standard InChI is InChI=1S/C29H22N4O2S/c1-3-15-35-25-14-13-20(16-19(25)2)27-21(18-32(31-27)22-9-5-4-6-10-22)17-26-28(34)33-24-12-8-7-11-23(24)30-29(33)36-26/h3-14,16-18H,1,15H2,2H3/b26-17+. The molecule has 0 spiro atoms. The van der Waals surface area contributed by atoms with Gasteiger partial charge in [0.25, 0.3) is 5.56 Å². The number of nitrogens with zero attached hydrogens (tertiary/aromatic N) is 4. The molecule has 0 N–H and O–H groups in total. The molecule has 36 heavy (non-hydrogen) atoms. The lowest BCUT2D eigenvalue weighted by Crippen LogP contribution is -2.22. The Balaban J connectivity index is 1.53. The highest BCUT2D eigenvalue weighted by molar-refractivity contribution is 7.15. The molecule has 0 aliphatic carbocycles. The fraction of sp³-hybridized carbons (Fsp3) is 0.0690. The van der Waals surface area contributed by atoms with Gasteiger partial charge in [-0.15, -0.1) is 0 Å². The normalized spacial score (nSPS) is 12.0. The average molecular weight is 491 g/mol. The number of hydrogen-bond donors (Lipinski definition) is 0. The van der Waals surface area contributed by atoms with E-state index in [1.165, 1.54) is 11.3 Å². The first kappa shape index (κ1) is 22.0. The minimum atomic E-state index is -0.0773. The molecule has 3 aromatic carbocycles. The van der Waals surface area contributed by atoms with Crippen LogP contribution in [-0.4, -0.2) is 25.8 Å². The lowest BCUT2D eigenvalue weighted by molar-refractivity contribution is 0.361. The molecule has 0 radical (unpaired) electrons. The van der Waals surface area contributed by atoms with Crippen LogP contribution in [0.25, 0.3) is 39.0 Å². The maximum atomic E-state index is 13.4. The predicted molar refractivity (Wildman–Crippen MR) is 145 cm³/mol. The first-order valence-electron chi connectivity index (χ1n) is 11.5. The van der Waals surface area contributed by atoms with Crippen LogP contribution in [0.5, 0.6) is 5.75 Å². The highest BCUT2D eigenvalue weighted by Gasteiger charge is 2.15. The summed E-state index contributed by atoms with van der Waals surface area (Å²) in [5, 5.41) is 4.91. The highest BCUT2D eigenvalue weighted by atomic mass is 32.1. The maximum absolute atomic E-state index is 13.4. The summed E-state index contributed by atoms with van der Waals surface area (Å²) in [6, 6.07) is 23.6. The number of hydrogen-bond acceptors (Lipinski definition) is 5. The Morgan fingerprint density at radius 2 is 1.86 bits per heavy atom. The molecule has 0 amide bonds. The Kier molecular flexibility index (Phi) is 5.47. The fourth-order valence-corrected chi connectivity index (χ4v) is 5.27. The maximum Gasteiger partial charge on any atom is 0.274 e. The van der Waals surface area contributed by atoms with E-state index in [9.17, 15) is 4.79 Å². The third kappa shape index (κ3) is 3.79. The van der Waals surface area contributed by atoms with Crippen LogP contribution in [0.3, 0.4) is 0 Å². The Morgan fingerprint density at radius 1 is 1.06 bits per heavy atom. The number of ether oxygens (including phenoxy) is 1. The number of benzene rings is 3. The van der Waals surface area contributed by atoms with Crippen LogP contribution in [-0.2, 0) is 0 Å². The van der Waals surface area contributed by atoms with E-state index in [1.807, 2.05) is 90.6 Å². The second-order valence-electron chi connectivity index (χ2n) is 8.43. The van der Waals surface area contributed by atoms with Crippen LogP contribution < -0.4 is 14.8 Å². The molecule has 0 aliphatic heterocycles. The monoisotopic (exact) mass is 490 g/mol. The van der Waals surface area contributed by atoms with E-state index >= 15 is 0 Å². The first-order valence-corrected chi connectivity index (χ1v) is 12.4. The van der Waals surface area contributed by atoms with E-state index in [0.717, 1.165) is 44.9 Å². The second-order valence-corrected chi connectivity index (χ2v) is 9.44. The molecule has 176 valence electrons. The summed E-state index contributed by atoms with van der Waals surface area (Å²) in [6.45, 7) is 6.17. The summed E-state index contributed by atoms with van der Waals surface area (Å²) in [5.74, 6) is 0.805. The lowest BCUT2D eigenvalue weighted by Gasteiger charge is -2.08. The van der Waals surface area contributed by atoms with Crippen LogP contribution >= 0.6 is 11.3 Å². The number of imidazole rings is 1. The summed E-state index contributed by atoms with van der Waals surface area (Å²) in [5.41, 5.74) is 6.08. The van der Waals surface area contributed by atoms with Gasteiger partial charge in [0.15, 0.2) is 4.96 Å². The van der Waals surface area contributed by atoms with Gasteiger partial charge in [-0.05, 0) is 61.0 Å². The van der Waals surface area contributed by atoms with Gasteiger partial charge in [-0.25, -0.2) is 14.1 Å². The van der Waals surface area contributed by atoms with Crippen LogP contribution in [0.1, 0.15) is 11.1 Å². The molecule has 0 atom stereocenters. The van der Waals surface area contributed by atoms with Crippen LogP contribution in [0.2, 0.25) is 0 Å². The fourth-order valence-electron chi connectivity index (χ4n) is 4.29. The number of para-hydroxylation sites is 3. The Bertz CT molecular complexity index is 1850. The molecule has 0 saturated heterocycles. The summed E-state index contributed by atoms with van der Waals surface area (Å²) in [6.07, 6.45) is 5.60. The van der Waals surface area contributed by atoms with E-state index in [1.54, 1.807) is 10.5 Å². The van der Waals surface area contributed by atoms with Gasteiger partial charge in [-0.1, -0.05) is 54.3 Å². The van der Waals surface area contributed by atoms with Gasteiger partial charge in [0.1, 0.15) is 18.1 Å². The van der Waals surface area contributed by atoms with Crippen molar-refractivity contribution < 1.29 is 4.74 Å². The number of fused-ring (bicyclic) bond motifs is 3. The average Bonchev–Trinajstić information content (AvgIpc) is 3.57.